The lowest BCUT2D eigenvalue weighted by molar-refractivity contribution is 0.594. The van der Waals surface area contributed by atoms with Crippen molar-refractivity contribution in [2.45, 2.75) is 32.7 Å². The van der Waals surface area contributed by atoms with Crippen molar-refractivity contribution in [3.8, 4) is 0 Å². The Kier molecular flexibility index (Phi) is 6.44. The Morgan fingerprint density at radius 3 is 3.00 bits per heavy atom. The maximum absolute atomic E-state index is 4.52. The summed E-state index contributed by atoms with van der Waals surface area (Å²) in [5, 5.41) is 3.44. The van der Waals surface area contributed by atoms with Crippen LogP contribution in [0.5, 0.6) is 0 Å². The first-order valence-corrected chi connectivity index (χ1v) is 6.71. The second-order valence-corrected chi connectivity index (χ2v) is 4.55. The quantitative estimate of drug-likeness (QED) is 0.565. The minimum absolute atomic E-state index is 0.334. The number of rotatable bonds is 8. The molecule has 3 nitrogen and oxygen atoms in total. The molecule has 1 heterocycles. The van der Waals surface area contributed by atoms with E-state index in [-0.39, 0.29) is 0 Å². The van der Waals surface area contributed by atoms with Crippen LogP contribution in [-0.4, -0.2) is 25.1 Å². The summed E-state index contributed by atoms with van der Waals surface area (Å²) >= 11 is 0. The van der Waals surface area contributed by atoms with Crippen LogP contribution in [0.2, 0.25) is 0 Å². The van der Waals surface area contributed by atoms with E-state index in [2.05, 4.69) is 48.7 Å². The molecule has 100 valence electrons. The maximum atomic E-state index is 4.52. The fourth-order valence-corrected chi connectivity index (χ4v) is 2.06. The number of pyridine rings is 1. The molecule has 0 spiro atoms. The van der Waals surface area contributed by atoms with Gasteiger partial charge in [0.05, 0.1) is 0 Å². The van der Waals surface area contributed by atoms with E-state index in [9.17, 15) is 0 Å². The molecule has 0 aliphatic rings. The molecule has 0 saturated carbocycles. The summed E-state index contributed by atoms with van der Waals surface area (Å²) in [6.07, 6.45) is 6.00. The summed E-state index contributed by atoms with van der Waals surface area (Å²) < 4.78 is 0. The second-order valence-electron chi connectivity index (χ2n) is 4.55. The van der Waals surface area contributed by atoms with Gasteiger partial charge in [0.15, 0.2) is 0 Å². The molecule has 0 amide bonds. The van der Waals surface area contributed by atoms with Gasteiger partial charge in [0.1, 0.15) is 5.82 Å². The monoisotopic (exact) mass is 247 g/mol. The van der Waals surface area contributed by atoms with Crippen molar-refractivity contribution in [2.75, 3.05) is 25.0 Å². The van der Waals surface area contributed by atoms with Gasteiger partial charge in [0.2, 0.25) is 0 Å². The van der Waals surface area contributed by atoms with Crippen LogP contribution in [-0.2, 0) is 0 Å². The van der Waals surface area contributed by atoms with Crippen molar-refractivity contribution >= 4 is 5.82 Å². The largest absolute Gasteiger partial charge is 0.359 e. The highest BCUT2D eigenvalue weighted by atomic mass is 15.2. The van der Waals surface area contributed by atoms with Crippen molar-refractivity contribution in [3.05, 3.63) is 36.5 Å². The third kappa shape index (κ3) is 4.15. The number of nitrogens with one attached hydrogen (secondary N) is 1. The van der Waals surface area contributed by atoms with Crippen LogP contribution in [0.1, 0.15) is 38.3 Å². The van der Waals surface area contributed by atoms with E-state index in [0.29, 0.717) is 6.04 Å². The minimum Gasteiger partial charge on any atom is -0.359 e. The molecule has 0 aliphatic carbocycles. The van der Waals surface area contributed by atoms with Gasteiger partial charge < -0.3 is 10.2 Å². The normalized spacial score (nSPS) is 12.2. The minimum atomic E-state index is 0.334. The van der Waals surface area contributed by atoms with E-state index < -0.39 is 0 Å². The fourth-order valence-electron chi connectivity index (χ4n) is 2.06. The van der Waals surface area contributed by atoms with E-state index in [4.69, 9.17) is 0 Å². The fraction of sp³-hybridized carbons (Fsp3) is 0.533. The molecule has 3 heteroatoms. The van der Waals surface area contributed by atoms with Crippen LogP contribution < -0.4 is 10.2 Å². The van der Waals surface area contributed by atoms with Crippen LogP contribution in [0.3, 0.4) is 0 Å². The van der Waals surface area contributed by atoms with Crippen molar-refractivity contribution in [1.29, 1.82) is 0 Å². The number of hydrogen-bond donors (Lipinski definition) is 1. The zero-order valence-corrected chi connectivity index (χ0v) is 11.8. The first-order chi connectivity index (χ1) is 8.70. The summed E-state index contributed by atoms with van der Waals surface area (Å²) in [5.74, 6) is 1.08. The molecule has 1 aromatic heterocycles. The van der Waals surface area contributed by atoms with Crippen LogP contribution in [0.25, 0.3) is 0 Å². The topological polar surface area (TPSA) is 28.2 Å². The van der Waals surface area contributed by atoms with Crippen LogP contribution in [0.15, 0.2) is 31.0 Å². The number of anilines is 1. The highest BCUT2D eigenvalue weighted by Gasteiger charge is 2.13. The molecular weight excluding hydrogens is 222 g/mol. The maximum Gasteiger partial charge on any atom is 0.133 e. The molecule has 0 aromatic carbocycles. The molecule has 0 bridgehead atoms. The van der Waals surface area contributed by atoms with Crippen LogP contribution >= 0.6 is 0 Å². The van der Waals surface area contributed by atoms with E-state index in [0.717, 1.165) is 31.7 Å². The zero-order valence-electron chi connectivity index (χ0n) is 11.8. The SMILES string of the molecule is C=CCCCN(C)c1ncccc1C(C)NCC. The third-order valence-electron chi connectivity index (χ3n) is 3.06. The summed E-state index contributed by atoms with van der Waals surface area (Å²) in [7, 11) is 2.10. The van der Waals surface area contributed by atoms with E-state index in [1.54, 1.807) is 0 Å². The average Bonchev–Trinajstić information content (AvgIpc) is 2.39. The lowest BCUT2D eigenvalue weighted by Gasteiger charge is -2.24. The summed E-state index contributed by atoms with van der Waals surface area (Å²) in [5.41, 5.74) is 1.26. The standard InChI is InChI=1S/C15H25N3/c1-5-7-8-12-18(4)15-14(10-9-11-17-15)13(3)16-6-2/h5,9-11,13,16H,1,6-8,12H2,2-4H3. The number of hydrogen-bond acceptors (Lipinski definition) is 3. The van der Waals surface area contributed by atoms with Gasteiger partial charge in [-0.05, 0) is 32.4 Å². The smallest absolute Gasteiger partial charge is 0.133 e. The average molecular weight is 247 g/mol. The summed E-state index contributed by atoms with van der Waals surface area (Å²) in [6, 6.07) is 4.49. The van der Waals surface area contributed by atoms with Gasteiger partial charge in [-0.15, -0.1) is 6.58 Å². The predicted molar refractivity (Wildman–Crippen MR) is 79.0 cm³/mol. The van der Waals surface area contributed by atoms with Gasteiger partial charge in [-0.25, -0.2) is 4.98 Å². The van der Waals surface area contributed by atoms with E-state index >= 15 is 0 Å². The molecule has 1 atom stereocenters. The van der Waals surface area contributed by atoms with Gasteiger partial charge in [-0.3, -0.25) is 0 Å². The van der Waals surface area contributed by atoms with Crippen molar-refractivity contribution in [1.82, 2.24) is 10.3 Å². The van der Waals surface area contributed by atoms with Crippen LogP contribution in [0.4, 0.5) is 5.82 Å². The lowest BCUT2D eigenvalue weighted by Crippen LogP contribution is -2.25. The number of nitrogens with zero attached hydrogens (tertiary/aromatic N) is 2. The third-order valence-corrected chi connectivity index (χ3v) is 3.06. The van der Waals surface area contributed by atoms with E-state index in [1.807, 2.05) is 18.3 Å². The molecule has 1 N–H and O–H groups in total. The summed E-state index contributed by atoms with van der Waals surface area (Å²) in [6.45, 7) is 10.0. The Morgan fingerprint density at radius 1 is 1.56 bits per heavy atom. The number of aromatic nitrogens is 1. The van der Waals surface area contributed by atoms with E-state index in [1.165, 1.54) is 5.56 Å². The lowest BCUT2D eigenvalue weighted by atomic mass is 10.1. The highest BCUT2D eigenvalue weighted by Crippen LogP contribution is 2.23. The molecule has 0 fully saturated rings. The highest BCUT2D eigenvalue weighted by molar-refractivity contribution is 5.47. The first-order valence-electron chi connectivity index (χ1n) is 6.71. The summed E-state index contributed by atoms with van der Waals surface area (Å²) in [4.78, 5) is 6.75. The molecule has 0 aliphatic heterocycles. The second kappa shape index (κ2) is 7.88. The van der Waals surface area contributed by atoms with Gasteiger partial charge >= 0.3 is 0 Å². The van der Waals surface area contributed by atoms with Crippen LogP contribution in [0, 0.1) is 0 Å². The molecule has 0 radical (unpaired) electrons. The molecule has 1 unspecified atom stereocenters. The number of allylic oxidation sites excluding steroid dienone is 1. The predicted octanol–water partition coefficient (Wildman–Crippen LogP) is 3.15. The Labute approximate surface area is 111 Å². The van der Waals surface area contributed by atoms with Gasteiger partial charge in [-0.2, -0.15) is 0 Å². The van der Waals surface area contributed by atoms with Gasteiger partial charge in [-0.1, -0.05) is 19.1 Å². The Bertz CT molecular complexity index is 363. The first kappa shape index (κ1) is 14.7. The Balaban J connectivity index is 2.77. The Hall–Kier alpha value is -1.35. The molecular formula is C15H25N3. The molecule has 1 aromatic rings. The van der Waals surface area contributed by atoms with Crippen molar-refractivity contribution in [2.24, 2.45) is 0 Å². The number of unbranched alkanes of at least 4 members (excludes halogenated alkanes) is 1. The van der Waals surface area contributed by atoms with Gasteiger partial charge in [0.25, 0.3) is 0 Å². The van der Waals surface area contributed by atoms with Gasteiger partial charge in [0, 0.05) is 31.4 Å². The molecule has 0 saturated heterocycles. The zero-order chi connectivity index (χ0) is 13.4. The molecule has 18 heavy (non-hydrogen) atoms. The molecule has 1 rings (SSSR count). The van der Waals surface area contributed by atoms with Crippen molar-refractivity contribution in [3.63, 3.8) is 0 Å². The van der Waals surface area contributed by atoms with Crippen molar-refractivity contribution < 1.29 is 0 Å². The Morgan fingerprint density at radius 2 is 2.33 bits per heavy atom.